The van der Waals surface area contributed by atoms with Crippen molar-refractivity contribution in [1.82, 2.24) is 44.8 Å². The molecule has 3 aliphatic heterocycles. The number of halogens is 6. The molecular weight excluding hydrogens is 1630 g/mol. The fourth-order valence-corrected chi connectivity index (χ4v) is 18.7. The highest BCUT2D eigenvalue weighted by Gasteiger charge is 2.43. The summed E-state index contributed by atoms with van der Waals surface area (Å²) in [6, 6.07) is 31.0. The lowest BCUT2D eigenvalue weighted by Crippen LogP contribution is -2.43. The van der Waals surface area contributed by atoms with E-state index in [-0.39, 0.29) is 190 Å². The van der Waals surface area contributed by atoms with Crippen molar-refractivity contribution in [1.29, 1.82) is 0 Å². The maximum Gasteiger partial charge on any atom is 0.240 e. The van der Waals surface area contributed by atoms with Crippen molar-refractivity contribution >= 4 is 117 Å². The van der Waals surface area contributed by atoms with E-state index < -0.39 is 58.3 Å². The van der Waals surface area contributed by atoms with Gasteiger partial charge in [0.25, 0.3) is 0 Å². The molecule has 3 aliphatic rings. The first-order valence-electron chi connectivity index (χ1n) is 36.7. The fraction of sp³-hybridized carbons (Fsp3) is 0.487. The van der Waals surface area contributed by atoms with Crippen molar-refractivity contribution in [3.63, 3.8) is 0 Å². The van der Waals surface area contributed by atoms with Gasteiger partial charge in [0.15, 0.2) is 0 Å². The molecule has 112 heavy (non-hydrogen) atoms. The van der Waals surface area contributed by atoms with Crippen LogP contribution in [0.5, 0.6) is 0 Å². The lowest BCUT2D eigenvalue weighted by Gasteiger charge is -2.33. The molecule has 0 fully saturated rings. The quantitative estimate of drug-likeness (QED) is 0.0118. The third-order valence-corrected chi connectivity index (χ3v) is 25.5. The van der Waals surface area contributed by atoms with E-state index in [1.54, 1.807) is 54.6 Å². The zero-order valence-electron chi connectivity index (χ0n) is 62.6. The zero-order chi connectivity index (χ0) is 80.6. The van der Waals surface area contributed by atoms with Gasteiger partial charge in [-0.1, -0.05) is 106 Å². The van der Waals surface area contributed by atoms with E-state index in [1.807, 2.05) is 57.5 Å². The Bertz CT molecular complexity index is 4140. The Balaban J connectivity index is 0.669. The molecule has 3 heterocycles. The van der Waals surface area contributed by atoms with Gasteiger partial charge in [-0.25, -0.2) is 39.4 Å². The van der Waals surface area contributed by atoms with Crippen molar-refractivity contribution in [3.05, 3.63) is 200 Å². The number of amides is 3. The lowest BCUT2D eigenvalue weighted by molar-refractivity contribution is -0.573. The van der Waals surface area contributed by atoms with Crippen molar-refractivity contribution in [3.8, 4) is 0 Å². The molecule has 612 valence electrons. The number of rotatable bonds is 46. The number of hydrogen-bond acceptors (Lipinski definition) is 20. The van der Waals surface area contributed by atoms with Crippen LogP contribution < -0.4 is 30.1 Å². The number of hydrogen-bond donors (Lipinski definition) is 6. The summed E-state index contributed by atoms with van der Waals surface area (Å²) < 4.78 is 122. The number of likely N-dealkylation sites (N-methyl/N-ethyl adjacent to an activating group) is 3. The molecule has 9 rings (SSSR count). The lowest BCUT2D eigenvalue weighted by atomic mass is 9.84. The van der Waals surface area contributed by atoms with Crippen LogP contribution in [0.4, 0.5) is 0 Å². The predicted molar refractivity (Wildman–Crippen MR) is 430 cm³/mol. The molecule has 27 nitrogen and oxygen atoms in total. The molecule has 0 saturated heterocycles. The SMILES string of the molecule is CN1Cc2c(Cl)cc(Cl)cc2[C@H](c2cccc(S(=O)(=O)NCCOCCOCCNC(=O)CCC(CCC(=O)NCCOCCOCCNS(=O)(=O)c3cccc([C@@H]4CN(C)Cc5c(Cl)cc(Cl)cc54)c3)(CCC(=O)NCCOCCOCCNS(=O)(=O)c3cccc([C@@H]4CN(C)Cc5c(Cl)cc(Cl)cc54)c3)[N+](=O)[O-])c2)C1. The number of fused-ring (bicyclic) bond motifs is 3. The molecule has 36 heteroatoms. The third kappa shape index (κ3) is 26.6. The minimum absolute atomic E-state index is 0.0198. The van der Waals surface area contributed by atoms with E-state index >= 15 is 0 Å². The molecule has 0 bridgehead atoms. The Morgan fingerprint density at radius 3 is 0.929 bits per heavy atom. The second-order valence-electron chi connectivity index (χ2n) is 27.7. The van der Waals surface area contributed by atoms with Gasteiger partial charge in [-0.2, -0.15) is 0 Å². The molecule has 0 unspecified atom stereocenters. The van der Waals surface area contributed by atoms with Gasteiger partial charge in [0, 0.05) is 170 Å². The summed E-state index contributed by atoms with van der Waals surface area (Å²) in [5, 5.41) is 24.3. The molecule has 6 aromatic rings. The Labute approximate surface area is 685 Å². The Hall–Kier alpha value is -5.76. The van der Waals surface area contributed by atoms with Gasteiger partial charge in [-0.15, -0.1) is 0 Å². The van der Waals surface area contributed by atoms with Gasteiger partial charge >= 0.3 is 0 Å². The molecular formula is C76H96Cl6N10O17S3. The second-order valence-corrected chi connectivity index (χ2v) is 35.6. The maximum absolute atomic E-state index is 13.4. The van der Waals surface area contributed by atoms with Crippen LogP contribution >= 0.6 is 69.6 Å². The number of ether oxygens (including phenoxy) is 6. The van der Waals surface area contributed by atoms with Gasteiger partial charge in [0.1, 0.15) is 0 Å². The standard InChI is InChI=1S/C76H96Cl6N10O17S3/c1-89-46-64(61-40-55(77)43-70(80)67(61)49-89)52-7-4-10-58(37-52)110(98,99)86-22-28-107-34-31-104-25-19-83-73(93)13-16-76(92(96)97,17-14-74(94)84-20-26-105-32-35-108-29-23-87-111(100,101)59-11-5-8-53(38-59)65-47-90(2)50-68-62(65)41-56(78)44-71(68)81)18-15-75(95)85-21-27-106-33-36-109-30-24-88-112(102,103)60-12-6-9-54(39-60)66-48-91(3)51-69-63(66)42-57(79)45-72(69)82/h4-12,37-45,64-66,86-88H,13-36,46-51H2,1-3H3,(H,83,93)(H,84,94)(H,85,95)/t64-,65-,66-/m0/s1. The largest absolute Gasteiger partial charge is 0.378 e. The molecule has 3 amide bonds. The maximum atomic E-state index is 13.4. The van der Waals surface area contributed by atoms with E-state index in [1.165, 1.54) is 18.2 Å². The monoisotopic (exact) mass is 1730 g/mol. The van der Waals surface area contributed by atoms with Gasteiger partial charge in [-0.05, 0) is 144 Å². The topological polar surface area (TPSA) is 334 Å². The molecule has 0 saturated carbocycles. The van der Waals surface area contributed by atoms with E-state index in [9.17, 15) is 49.8 Å². The Kier molecular flexibility index (Phi) is 35.0. The number of nitrogens with zero attached hydrogens (tertiary/aromatic N) is 4. The average Bonchev–Trinajstić information content (AvgIpc) is 0.780. The van der Waals surface area contributed by atoms with Gasteiger partial charge in [0.05, 0.1) is 94.0 Å². The smallest absolute Gasteiger partial charge is 0.240 e. The number of sulfonamides is 3. The highest BCUT2D eigenvalue weighted by atomic mass is 35.5. The van der Waals surface area contributed by atoms with Gasteiger partial charge in [-0.3, -0.25) is 24.5 Å². The van der Waals surface area contributed by atoms with Crippen molar-refractivity contribution < 1.29 is 73.0 Å². The van der Waals surface area contributed by atoms with Crippen LogP contribution in [-0.2, 0) is 92.5 Å². The predicted octanol–water partition coefficient (Wildman–Crippen LogP) is 9.38. The first-order chi connectivity index (χ1) is 53.5. The van der Waals surface area contributed by atoms with Crippen LogP contribution in [0.2, 0.25) is 30.1 Å². The van der Waals surface area contributed by atoms with Crippen molar-refractivity contribution in [2.24, 2.45) is 0 Å². The molecule has 6 aromatic carbocycles. The number of nitro groups is 1. The number of benzene rings is 6. The summed E-state index contributed by atoms with van der Waals surface area (Å²) >= 11 is 38.8. The summed E-state index contributed by atoms with van der Waals surface area (Å²) in [5.41, 5.74) is 6.20. The van der Waals surface area contributed by atoms with Crippen LogP contribution in [0.15, 0.2) is 124 Å². The summed E-state index contributed by atoms with van der Waals surface area (Å²) in [6.07, 6.45) is -1.92. The van der Waals surface area contributed by atoms with E-state index in [0.29, 0.717) is 69.4 Å². The van der Waals surface area contributed by atoms with Crippen LogP contribution in [0.1, 0.15) is 106 Å². The first kappa shape index (κ1) is 90.2. The van der Waals surface area contributed by atoms with Crippen LogP contribution in [0, 0.1) is 10.1 Å². The molecule has 0 aromatic heterocycles. The first-order valence-corrected chi connectivity index (χ1v) is 43.4. The highest BCUT2D eigenvalue weighted by Crippen LogP contribution is 2.43. The molecule has 0 spiro atoms. The van der Waals surface area contributed by atoms with Gasteiger partial charge in [0.2, 0.25) is 53.3 Å². The third-order valence-electron chi connectivity index (χ3n) is 19.5. The zero-order valence-corrected chi connectivity index (χ0v) is 69.5. The number of nitrogens with one attached hydrogen (secondary N) is 6. The highest BCUT2D eigenvalue weighted by molar-refractivity contribution is 7.90. The fourth-order valence-electron chi connectivity index (χ4n) is 13.8. The summed E-state index contributed by atoms with van der Waals surface area (Å²) in [7, 11) is -5.82. The van der Waals surface area contributed by atoms with Crippen LogP contribution in [0.25, 0.3) is 0 Å². The van der Waals surface area contributed by atoms with E-state index in [0.717, 1.165) is 50.1 Å². The molecule has 6 N–H and O–H groups in total. The average molecular weight is 1730 g/mol. The number of carbonyl (C=O) groups is 3. The van der Waals surface area contributed by atoms with Crippen LogP contribution in [-0.4, -0.2) is 227 Å². The Morgan fingerprint density at radius 1 is 0.411 bits per heavy atom. The van der Waals surface area contributed by atoms with Crippen molar-refractivity contribution in [2.75, 3.05) is 159 Å². The van der Waals surface area contributed by atoms with Gasteiger partial charge < -0.3 is 59.1 Å². The van der Waals surface area contributed by atoms with Crippen molar-refractivity contribution in [2.45, 2.75) is 96.1 Å². The minimum Gasteiger partial charge on any atom is -0.378 e. The van der Waals surface area contributed by atoms with Crippen LogP contribution in [0.3, 0.4) is 0 Å². The number of carbonyl (C=O) groups excluding carboxylic acids is 3. The molecule has 0 radical (unpaired) electrons. The minimum atomic E-state index is -3.91. The summed E-state index contributed by atoms with van der Waals surface area (Å²) in [6.45, 7) is 4.82. The Morgan fingerprint density at radius 2 is 0.670 bits per heavy atom. The summed E-state index contributed by atoms with van der Waals surface area (Å²) in [4.78, 5) is 58.8. The normalized spacial score (nSPS) is 16.3. The molecule has 3 atom stereocenters. The molecule has 0 aliphatic carbocycles. The van der Waals surface area contributed by atoms with E-state index in [4.69, 9.17) is 98.0 Å². The second kappa shape index (κ2) is 43.4. The summed E-state index contributed by atoms with van der Waals surface area (Å²) in [5.74, 6) is -2.07. The van der Waals surface area contributed by atoms with E-state index in [2.05, 4.69) is 44.8 Å².